The smallest absolute Gasteiger partial charge is 0.180 e. The maximum absolute atomic E-state index is 13.0. The van der Waals surface area contributed by atoms with E-state index >= 15 is 0 Å². The molecule has 0 fully saturated rings. The molecule has 0 heterocycles. The third-order valence-electron chi connectivity index (χ3n) is 2.87. The number of anilines is 1. The van der Waals surface area contributed by atoms with E-state index in [1.165, 1.54) is 36.4 Å². The van der Waals surface area contributed by atoms with Crippen LogP contribution in [0, 0.1) is 17.1 Å². The monoisotopic (exact) mass is 304 g/mol. The van der Waals surface area contributed by atoms with Crippen molar-refractivity contribution < 1.29 is 12.8 Å². The van der Waals surface area contributed by atoms with Crippen LogP contribution >= 0.6 is 0 Å². The molecule has 0 aliphatic carbocycles. The number of nitrogens with zero attached hydrogens (tertiary/aromatic N) is 1. The first-order valence-electron chi connectivity index (χ1n) is 6.24. The van der Waals surface area contributed by atoms with Gasteiger partial charge in [-0.25, -0.2) is 12.8 Å². The summed E-state index contributed by atoms with van der Waals surface area (Å²) in [5.41, 5.74) is 0.942. The van der Waals surface area contributed by atoms with E-state index in [0.717, 1.165) is 0 Å². The molecule has 2 rings (SSSR count). The van der Waals surface area contributed by atoms with Gasteiger partial charge in [0.15, 0.2) is 9.84 Å². The number of halogens is 1. The van der Waals surface area contributed by atoms with E-state index in [1.807, 2.05) is 6.07 Å². The zero-order valence-corrected chi connectivity index (χ0v) is 11.9. The summed E-state index contributed by atoms with van der Waals surface area (Å²) in [6.45, 7) is 0.172. The standard InChI is InChI=1S/C15H13FN2O2S/c16-13-2-1-3-14(10-13)18-8-9-21(19,20)15-6-4-12(11-17)5-7-15/h1-7,10,18H,8-9H2. The van der Waals surface area contributed by atoms with Gasteiger partial charge in [0, 0.05) is 12.2 Å². The number of hydrogen-bond donors (Lipinski definition) is 1. The minimum Gasteiger partial charge on any atom is -0.384 e. The van der Waals surface area contributed by atoms with Crippen LogP contribution in [0.25, 0.3) is 0 Å². The van der Waals surface area contributed by atoms with E-state index in [2.05, 4.69) is 5.32 Å². The molecule has 0 saturated carbocycles. The van der Waals surface area contributed by atoms with E-state index in [1.54, 1.807) is 12.1 Å². The zero-order chi connectivity index (χ0) is 15.3. The Balaban J connectivity index is 1.99. The van der Waals surface area contributed by atoms with Crippen LogP contribution in [0.15, 0.2) is 53.4 Å². The first-order valence-corrected chi connectivity index (χ1v) is 7.89. The summed E-state index contributed by atoms with van der Waals surface area (Å²) in [4.78, 5) is 0.169. The average molecular weight is 304 g/mol. The van der Waals surface area contributed by atoms with Crippen LogP contribution in [-0.4, -0.2) is 20.7 Å². The van der Waals surface area contributed by atoms with Crippen LogP contribution in [-0.2, 0) is 9.84 Å². The summed E-state index contributed by atoms with van der Waals surface area (Å²) in [7, 11) is -3.43. The number of nitriles is 1. The second-order valence-corrected chi connectivity index (χ2v) is 6.50. The van der Waals surface area contributed by atoms with E-state index in [-0.39, 0.29) is 23.0 Å². The van der Waals surface area contributed by atoms with Gasteiger partial charge in [-0.1, -0.05) is 6.07 Å². The largest absolute Gasteiger partial charge is 0.384 e. The van der Waals surface area contributed by atoms with Crippen molar-refractivity contribution in [3.63, 3.8) is 0 Å². The number of nitrogens with one attached hydrogen (secondary N) is 1. The van der Waals surface area contributed by atoms with Crippen LogP contribution in [0.3, 0.4) is 0 Å². The van der Waals surface area contributed by atoms with E-state index in [9.17, 15) is 12.8 Å². The third-order valence-corrected chi connectivity index (χ3v) is 4.60. The predicted molar refractivity (Wildman–Crippen MR) is 78.1 cm³/mol. The molecule has 1 N–H and O–H groups in total. The van der Waals surface area contributed by atoms with Crippen LogP contribution in [0.5, 0.6) is 0 Å². The van der Waals surface area contributed by atoms with Crippen molar-refractivity contribution in [1.29, 1.82) is 5.26 Å². The average Bonchev–Trinajstić information content (AvgIpc) is 2.47. The first kappa shape index (κ1) is 15.0. The normalized spacial score (nSPS) is 10.9. The van der Waals surface area contributed by atoms with Crippen LogP contribution < -0.4 is 5.32 Å². The molecule has 0 bridgehead atoms. The van der Waals surface area contributed by atoms with Gasteiger partial charge >= 0.3 is 0 Å². The van der Waals surface area contributed by atoms with Gasteiger partial charge in [-0.05, 0) is 42.5 Å². The Labute approximate surface area is 122 Å². The summed E-state index contributed by atoms with van der Waals surface area (Å²) in [6.07, 6.45) is 0. The lowest BCUT2D eigenvalue weighted by atomic mass is 10.2. The Morgan fingerprint density at radius 1 is 1.14 bits per heavy atom. The summed E-state index contributed by atoms with van der Waals surface area (Å²) in [6, 6.07) is 13.5. The Bertz CT molecular complexity index is 765. The zero-order valence-electron chi connectivity index (χ0n) is 11.1. The van der Waals surface area contributed by atoms with Gasteiger partial charge in [-0.2, -0.15) is 5.26 Å². The Morgan fingerprint density at radius 2 is 1.86 bits per heavy atom. The van der Waals surface area contributed by atoms with Gasteiger partial charge in [-0.3, -0.25) is 0 Å². The van der Waals surface area contributed by atoms with Gasteiger partial charge in [0.1, 0.15) is 5.82 Å². The Kier molecular flexibility index (Phi) is 4.55. The minimum atomic E-state index is -3.43. The van der Waals surface area contributed by atoms with Gasteiger partial charge in [0.25, 0.3) is 0 Å². The van der Waals surface area contributed by atoms with Crippen LogP contribution in [0.2, 0.25) is 0 Å². The fraction of sp³-hybridized carbons (Fsp3) is 0.133. The van der Waals surface area contributed by atoms with Crippen LogP contribution in [0.1, 0.15) is 5.56 Å². The number of sulfone groups is 1. The van der Waals surface area contributed by atoms with Gasteiger partial charge in [0.2, 0.25) is 0 Å². The maximum atomic E-state index is 13.0. The third kappa shape index (κ3) is 4.04. The molecular formula is C15H13FN2O2S. The van der Waals surface area contributed by atoms with E-state index in [0.29, 0.717) is 11.3 Å². The lowest BCUT2D eigenvalue weighted by Gasteiger charge is -2.07. The predicted octanol–water partition coefficient (Wildman–Crippen LogP) is 2.58. The molecule has 2 aromatic carbocycles. The highest BCUT2D eigenvalue weighted by Crippen LogP contribution is 2.13. The quantitative estimate of drug-likeness (QED) is 0.921. The molecule has 2 aromatic rings. The Morgan fingerprint density at radius 3 is 2.48 bits per heavy atom. The molecule has 0 aliphatic heterocycles. The molecular weight excluding hydrogens is 291 g/mol. The maximum Gasteiger partial charge on any atom is 0.180 e. The lowest BCUT2D eigenvalue weighted by Crippen LogP contribution is -2.16. The fourth-order valence-corrected chi connectivity index (χ4v) is 2.94. The number of rotatable bonds is 5. The van der Waals surface area contributed by atoms with Crippen molar-refractivity contribution in [2.75, 3.05) is 17.6 Å². The molecule has 0 unspecified atom stereocenters. The second kappa shape index (κ2) is 6.37. The molecule has 0 amide bonds. The topological polar surface area (TPSA) is 70.0 Å². The molecule has 0 radical (unpaired) electrons. The molecule has 0 aromatic heterocycles. The van der Waals surface area contributed by atoms with Crippen molar-refractivity contribution in [3.8, 4) is 6.07 Å². The van der Waals surface area contributed by atoms with E-state index in [4.69, 9.17) is 5.26 Å². The van der Waals surface area contributed by atoms with E-state index < -0.39 is 9.84 Å². The molecule has 108 valence electrons. The van der Waals surface area contributed by atoms with Gasteiger partial charge in [0.05, 0.1) is 22.3 Å². The molecule has 0 spiro atoms. The van der Waals surface area contributed by atoms with Gasteiger partial charge < -0.3 is 5.32 Å². The van der Waals surface area contributed by atoms with Crippen molar-refractivity contribution in [2.24, 2.45) is 0 Å². The minimum absolute atomic E-state index is 0.116. The second-order valence-electron chi connectivity index (χ2n) is 4.39. The van der Waals surface area contributed by atoms with Crippen molar-refractivity contribution in [2.45, 2.75) is 4.90 Å². The van der Waals surface area contributed by atoms with Crippen LogP contribution in [0.4, 0.5) is 10.1 Å². The lowest BCUT2D eigenvalue weighted by molar-refractivity contribution is 0.596. The molecule has 21 heavy (non-hydrogen) atoms. The SMILES string of the molecule is N#Cc1ccc(S(=O)(=O)CCNc2cccc(F)c2)cc1. The molecule has 0 aliphatic rings. The number of benzene rings is 2. The Hall–Kier alpha value is -2.39. The molecule has 0 atom stereocenters. The van der Waals surface area contributed by atoms with Crippen molar-refractivity contribution in [1.82, 2.24) is 0 Å². The first-order chi connectivity index (χ1) is 10.0. The molecule has 4 nitrogen and oxygen atoms in total. The molecule has 6 heteroatoms. The summed E-state index contributed by atoms with van der Waals surface area (Å²) >= 11 is 0. The highest BCUT2D eigenvalue weighted by molar-refractivity contribution is 7.91. The summed E-state index contributed by atoms with van der Waals surface area (Å²) < 4.78 is 37.2. The fourth-order valence-electron chi connectivity index (χ4n) is 1.78. The molecule has 0 saturated heterocycles. The highest BCUT2D eigenvalue weighted by Gasteiger charge is 2.13. The summed E-state index contributed by atoms with van der Waals surface area (Å²) in [5, 5.41) is 11.5. The van der Waals surface area contributed by atoms with Crippen molar-refractivity contribution in [3.05, 3.63) is 59.9 Å². The summed E-state index contributed by atoms with van der Waals surface area (Å²) in [5.74, 6) is -0.495. The number of hydrogen-bond acceptors (Lipinski definition) is 4. The van der Waals surface area contributed by atoms with Gasteiger partial charge in [-0.15, -0.1) is 0 Å². The van der Waals surface area contributed by atoms with Crippen molar-refractivity contribution >= 4 is 15.5 Å². The highest BCUT2D eigenvalue weighted by atomic mass is 32.2.